The fourth-order valence-corrected chi connectivity index (χ4v) is 4.23. The van der Waals surface area contributed by atoms with Gasteiger partial charge in [0.2, 0.25) is 0 Å². The molecule has 106 valence electrons. The van der Waals surface area contributed by atoms with Crippen LogP contribution in [0.3, 0.4) is 0 Å². The van der Waals surface area contributed by atoms with E-state index in [1.807, 2.05) is 12.1 Å². The molecule has 1 saturated heterocycles. The maximum atomic E-state index is 11.3. The van der Waals surface area contributed by atoms with Crippen LogP contribution in [0.4, 0.5) is 0 Å². The van der Waals surface area contributed by atoms with E-state index < -0.39 is 9.84 Å². The number of sulfone groups is 1. The highest BCUT2D eigenvalue weighted by atomic mass is 32.2. The zero-order valence-electron chi connectivity index (χ0n) is 11.3. The van der Waals surface area contributed by atoms with Crippen molar-refractivity contribution in [1.82, 2.24) is 5.32 Å². The number of rotatable bonds is 6. The molecule has 19 heavy (non-hydrogen) atoms. The van der Waals surface area contributed by atoms with Crippen LogP contribution < -0.4 is 10.1 Å². The van der Waals surface area contributed by atoms with Crippen molar-refractivity contribution in [3.05, 3.63) is 29.8 Å². The predicted molar refractivity (Wildman–Crippen MR) is 76.3 cm³/mol. The Balaban J connectivity index is 1.66. The lowest BCUT2D eigenvalue weighted by molar-refractivity contribution is 0.414. The van der Waals surface area contributed by atoms with Gasteiger partial charge in [-0.15, -0.1) is 0 Å². The van der Waals surface area contributed by atoms with E-state index in [-0.39, 0.29) is 0 Å². The summed E-state index contributed by atoms with van der Waals surface area (Å²) in [5.41, 5.74) is 1.26. The SMILES string of the molecule is COc1ccc(CCNCC2CCS(=O)(=O)C2)cc1. The minimum atomic E-state index is -2.75. The van der Waals surface area contributed by atoms with Gasteiger partial charge in [-0.05, 0) is 49.5 Å². The third-order valence-electron chi connectivity index (χ3n) is 3.51. The maximum Gasteiger partial charge on any atom is 0.150 e. The third kappa shape index (κ3) is 4.51. The number of ether oxygens (including phenoxy) is 1. The van der Waals surface area contributed by atoms with Gasteiger partial charge in [0.15, 0.2) is 9.84 Å². The second-order valence-corrected chi connectivity index (χ2v) is 7.30. The van der Waals surface area contributed by atoms with Crippen LogP contribution in [0, 0.1) is 5.92 Å². The number of hydrogen-bond acceptors (Lipinski definition) is 4. The first kappa shape index (κ1) is 14.3. The van der Waals surface area contributed by atoms with Crippen molar-refractivity contribution in [3.8, 4) is 5.75 Å². The van der Waals surface area contributed by atoms with Crippen LogP contribution in [-0.4, -0.2) is 40.1 Å². The van der Waals surface area contributed by atoms with Crippen LogP contribution >= 0.6 is 0 Å². The molecule has 0 amide bonds. The lowest BCUT2D eigenvalue weighted by atomic mass is 10.1. The smallest absolute Gasteiger partial charge is 0.150 e. The van der Waals surface area contributed by atoms with Gasteiger partial charge >= 0.3 is 0 Å². The first-order valence-electron chi connectivity index (χ1n) is 6.63. The van der Waals surface area contributed by atoms with Gasteiger partial charge < -0.3 is 10.1 Å². The Morgan fingerprint density at radius 1 is 1.32 bits per heavy atom. The number of nitrogens with one attached hydrogen (secondary N) is 1. The van der Waals surface area contributed by atoms with E-state index in [1.54, 1.807) is 7.11 Å². The highest BCUT2D eigenvalue weighted by Crippen LogP contribution is 2.17. The quantitative estimate of drug-likeness (QED) is 0.799. The molecule has 0 saturated carbocycles. The van der Waals surface area contributed by atoms with Gasteiger partial charge in [0.25, 0.3) is 0 Å². The molecule has 1 aliphatic rings. The fourth-order valence-electron chi connectivity index (χ4n) is 2.36. The number of methoxy groups -OCH3 is 1. The molecule has 0 aliphatic carbocycles. The highest BCUT2D eigenvalue weighted by Gasteiger charge is 2.27. The van der Waals surface area contributed by atoms with Gasteiger partial charge in [-0.1, -0.05) is 12.1 Å². The molecule has 0 aromatic heterocycles. The van der Waals surface area contributed by atoms with Gasteiger partial charge in [0, 0.05) is 0 Å². The monoisotopic (exact) mass is 283 g/mol. The molecule has 1 heterocycles. The van der Waals surface area contributed by atoms with Crippen molar-refractivity contribution in [2.45, 2.75) is 12.8 Å². The Morgan fingerprint density at radius 3 is 2.63 bits per heavy atom. The van der Waals surface area contributed by atoms with Crippen molar-refractivity contribution in [3.63, 3.8) is 0 Å². The van der Waals surface area contributed by atoms with Crippen LogP contribution in [0.5, 0.6) is 5.75 Å². The molecule has 1 aromatic carbocycles. The van der Waals surface area contributed by atoms with E-state index in [0.717, 1.165) is 31.7 Å². The molecule has 1 N–H and O–H groups in total. The molecule has 0 bridgehead atoms. The second-order valence-electron chi connectivity index (χ2n) is 5.07. The maximum absolute atomic E-state index is 11.3. The highest BCUT2D eigenvalue weighted by molar-refractivity contribution is 7.91. The van der Waals surface area contributed by atoms with Crippen LogP contribution in [0.25, 0.3) is 0 Å². The van der Waals surface area contributed by atoms with Gasteiger partial charge in [-0.3, -0.25) is 0 Å². The minimum absolute atomic E-state index is 0.292. The summed E-state index contributed by atoms with van der Waals surface area (Å²) in [5, 5.41) is 3.35. The molecule has 1 aromatic rings. The molecule has 0 radical (unpaired) electrons. The van der Waals surface area contributed by atoms with Crippen molar-refractivity contribution in [1.29, 1.82) is 0 Å². The van der Waals surface area contributed by atoms with Gasteiger partial charge in [-0.2, -0.15) is 0 Å². The summed E-state index contributed by atoms with van der Waals surface area (Å²) >= 11 is 0. The molecule has 1 aliphatic heterocycles. The lowest BCUT2D eigenvalue weighted by Gasteiger charge is -2.09. The molecule has 1 atom stereocenters. The van der Waals surface area contributed by atoms with E-state index in [0.29, 0.717) is 17.4 Å². The van der Waals surface area contributed by atoms with E-state index in [4.69, 9.17) is 4.74 Å². The zero-order chi connectivity index (χ0) is 13.7. The lowest BCUT2D eigenvalue weighted by Crippen LogP contribution is -2.25. The summed E-state index contributed by atoms with van der Waals surface area (Å²) in [7, 11) is -1.09. The predicted octanol–water partition coefficient (Wildman–Crippen LogP) is 1.26. The van der Waals surface area contributed by atoms with Crippen molar-refractivity contribution in [2.24, 2.45) is 5.92 Å². The summed E-state index contributed by atoms with van der Waals surface area (Å²) < 4.78 is 27.7. The summed E-state index contributed by atoms with van der Waals surface area (Å²) in [6, 6.07) is 8.03. The topological polar surface area (TPSA) is 55.4 Å². The molecule has 1 fully saturated rings. The molecule has 0 spiro atoms. The van der Waals surface area contributed by atoms with E-state index in [1.165, 1.54) is 5.56 Å². The Bertz CT molecular complexity index is 496. The van der Waals surface area contributed by atoms with Crippen LogP contribution in [0.2, 0.25) is 0 Å². The van der Waals surface area contributed by atoms with Crippen LogP contribution in [-0.2, 0) is 16.3 Å². The second kappa shape index (κ2) is 6.39. The molecule has 1 unspecified atom stereocenters. The van der Waals surface area contributed by atoms with Crippen molar-refractivity contribution < 1.29 is 13.2 Å². The average molecular weight is 283 g/mol. The Morgan fingerprint density at radius 2 is 2.05 bits per heavy atom. The first-order valence-corrected chi connectivity index (χ1v) is 8.45. The van der Waals surface area contributed by atoms with E-state index >= 15 is 0 Å². The largest absolute Gasteiger partial charge is 0.497 e. The van der Waals surface area contributed by atoms with E-state index in [2.05, 4.69) is 17.4 Å². The van der Waals surface area contributed by atoms with Crippen molar-refractivity contribution in [2.75, 3.05) is 31.7 Å². The molecular weight excluding hydrogens is 262 g/mol. The standard InChI is InChI=1S/C14H21NO3S/c1-18-14-4-2-12(3-5-14)6-8-15-10-13-7-9-19(16,17)11-13/h2-5,13,15H,6-11H2,1H3. The summed E-state index contributed by atoms with van der Waals surface area (Å²) in [4.78, 5) is 0. The van der Waals surface area contributed by atoms with Gasteiger partial charge in [0.05, 0.1) is 18.6 Å². The Labute approximate surface area is 115 Å². The Kier molecular flexibility index (Phi) is 4.82. The molecular formula is C14H21NO3S. The normalized spacial score (nSPS) is 21.4. The zero-order valence-corrected chi connectivity index (χ0v) is 12.1. The van der Waals surface area contributed by atoms with Crippen molar-refractivity contribution >= 4 is 9.84 Å². The van der Waals surface area contributed by atoms with Gasteiger partial charge in [0.1, 0.15) is 5.75 Å². The van der Waals surface area contributed by atoms with Crippen LogP contribution in [0.15, 0.2) is 24.3 Å². The van der Waals surface area contributed by atoms with Crippen LogP contribution in [0.1, 0.15) is 12.0 Å². The fraction of sp³-hybridized carbons (Fsp3) is 0.571. The number of benzene rings is 1. The first-order chi connectivity index (χ1) is 9.09. The molecule has 4 nitrogen and oxygen atoms in total. The molecule has 5 heteroatoms. The van der Waals surface area contributed by atoms with E-state index in [9.17, 15) is 8.42 Å². The minimum Gasteiger partial charge on any atom is -0.497 e. The summed E-state index contributed by atoms with van der Waals surface area (Å²) in [5.74, 6) is 1.87. The summed E-state index contributed by atoms with van der Waals surface area (Å²) in [6.45, 7) is 1.68. The molecule has 2 rings (SSSR count). The Hall–Kier alpha value is -1.07. The van der Waals surface area contributed by atoms with Gasteiger partial charge in [-0.25, -0.2) is 8.42 Å². The summed E-state index contributed by atoms with van der Waals surface area (Å²) in [6.07, 6.45) is 1.75. The third-order valence-corrected chi connectivity index (χ3v) is 5.35. The average Bonchev–Trinajstić information content (AvgIpc) is 2.75. The number of hydrogen-bond donors (Lipinski definition) is 1.